The van der Waals surface area contributed by atoms with E-state index in [1.54, 1.807) is 6.07 Å². The highest BCUT2D eigenvalue weighted by Crippen LogP contribution is 2.30. The predicted octanol–water partition coefficient (Wildman–Crippen LogP) is 3.09. The Labute approximate surface area is 110 Å². The molecule has 2 N–H and O–H groups in total. The maximum Gasteiger partial charge on any atom is 0.336 e. The number of hydrogen-bond acceptors (Lipinski definition) is 2. The Balaban J connectivity index is 3.48. The van der Waals surface area contributed by atoms with E-state index in [0.29, 0.717) is 5.56 Å². The molecule has 0 heterocycles. The average molecular weight is 265 g/mol. The monoisotopic (exact) mass is 265 g/mol. The second-order valence-corrected chi connectivity index (χ2v) is 10.9. The number of aromatic carboxylic acids is 1. The lowest BCUT2D eigenvalue weighted by molar-refractivity contribution is 0.0695. The van der Waals surface area contributed by atoms with Crippen molar-refractivity contribution in [2.45, 2.75) is 38.7 Å². The molecule has 0 amide bonds. The number of rotatable bonds is 5. The Morgan fingerprint density at radius 2 is 2.00 bits per heavy atom. The molecule has 1 unspecified atom stereocenters. The number of carboxylic acid groups (broad SMARTS) is 1. The minimum atomic E-state index is -1.53. The van der Waals surface area contributed by atoms with Gasteiger partial charge in [-0.15, -0.1) is 0 Å². The lowest BCUT2D eigenvalue weighted by Crippen LogP contribution is -2.40. The molecule has 100 valence electrons. The molecular weight excluding hydrogens is 242 g/mol. The maximum absolute atomic E-state index is 11.4. The van der Waals surface area contributed by atoms with Crippen LogP contribution in [-0.4, -0.2) is 26.2 Å². The molecule has 0 aliphatic heterocycles. The largest absolute Gasteiger partial charge is 0.478 e. The van der Waals surface area contributed by atoms with Gasteiger partial charge in [0, 0.05) is 5.67 Å². The molecule has 1 atom stereocenters. The van der Waals surface area contributed by atoms with Crippen LogP contribution in [0.4, 0.5) is 0 Å². The molecule has 18 heavy (non-hydrogen) atoms. The van der Waals surface area contributed by atoms with Crippen LogP contribution in [-0.2, 0) is 6.42 Å². The minimum absolute atomic E-state index is 0.166. The first-order valence-corrected chi connectivity index (χ1v) is 9.93. The van der Waals surface area contributed by atoms with Gasteiger partial charge in [-0.25, -0.2) is 4.79 Å². The van der Waals surface area contributed by atoms with Crippen LogP contribution in [0.25, 0.3) is 0 Å². The predicted molar refractivity (Wildman–Crippen MR) is 77.9 cm³/mol. The normalized spacial score (nSPS) is 13.4. The molecule has 1 rings (SSSR count). The second-order valence-electron chi connectivity index (χ2n) is 5.62. The van der Waals surface area contributed by atoms with Crippen LogP contribution in [0.2, 0.25) is 19.6 Å². The van der Waals surface area contributed by atoms with Gasteiger partial charge >= 0.3 is 5.97 Å². The highest BCUT2D eigenvalue weighted by atomic mass is 28.3. The summed E-state index contributed by atoms with van der Waals surface area (Å²) in [5, 5.41) is 12.7. The zero-order valence-electron chi connectivity index (χ0n) is 11.9. The van der Waals surface area contributed by atoms with Gasteiger partial charge in [0.05, 0.1) is 13.6 Å². The molecule has 1 aromatic rings. The van der Waals surface area contributed by atoms with Gasteiger partial charge in [0.1, 0.15) is 0 Å². The Morgan fingerprint density at radius 3 is 2.39 bits per heavy atom. The molecule has 1 aromatic carbocycles. The summed E-state index contributed by atoms with van der Waals surface area (Å²) in [7, 11) is 0.391. The van der Waals surface area contributed by atoms with Crippen molar-refractivity contribution in [1.29, 1.82) is 0 Å². The fraction of sp³-hybridized carbons (Fsp3) is 0.500. The summed E-state index contributed by atoms with van der Waals surface area (Å²) in [6, 6.07) is 5.58. The molecule has 0 saturated carbocycles. The molecule has 3 nitrogen and oxygen atoms in total. The lowest BCUT2D eigenvalue weighted by Gasteiger charge is -2.31. The van der Waals surface area contributed by atoms with Crippen LogP contribution < -0.4 is 5.32 Å². The van der Waals surface area contributed by atoms with Crippen LogP contribution in [0, 0.1) is 0 Å². The third-order valence-electron chi connectivity index (χ3n) is 3.25. The van der Waals surface area contributed by atoms with Crippen LogP contribution in [0.15, 0.2) is 18.2 Å². The number of carboxylic acids is 1. The van der Waals surface area contributed by atoms with E-state index in [9.17, 15) is 9.90 Å². The first-order valence-electron chi connectivity index (χ1n) is 6.35. The topological polar surface area (TPSA) is 49.3 Å². The number of nitrogens with one attached hydrogen (secondary N) is 1. The van der Waals surface area contributed by atoms with Crippen LogP contribution in [0.3, 0.4) is 0 Å². The maximum atomic E-state index is 11.4. The Kier molecular flexibility index (Phi) is 4.70. The van der Waals surface area contributed by atoms with E-state index in [-0.39, 0.29) is 5.67 Å². The summed E-state index contributed by atoms with van der Waals surface area (Å²) in [5.41, 5.74) is 2.72. The van der Waals surface area contributed by atoms with E-state index in [1.165, 1.54) is 0 Å². The molecule has 0 radical (unpaired) electrons. The van der Waals surface area contributed by atoms with E-state index in [2.05, 4.69) is 31.9 Å². The van der Waals surface area contributed by atoms with Crippen LogP contribution in [0.5, 0.6) is 0 Å². The van der Waals surface area contributed by atoms with E-state index in [1.807, 2.05) is 19.2 Å². The van der Waals surface area contributed by atoms with Crippen molar-refractivity contribution in [3.8, 4) is 0 Å². The van der Waals surface area contributed by atoms with Crippen molar-refractivity contribution in [2.24, 2.45) is 0 Å². The Morgan fingerprint density at radius 1 is 1.39 bits per heavy atom. The van der Waals surface area contributed by atoms with E-state index in [4.69, 9.17) is 0 Å². The quantitative estimate of drug-likeness (QED) is 0.804. The van der Waals surface area contributed by atoms with E-state index in [0.717, 1.165) is 17.5 Å². The van der Waals surface area contributed by atoms with Gasteiger partial charge in [-0.1, -0.05) is 38.7 Å². The van der Waals surface area contributed by atoms with Gasteiger partial charge in [-0.3, -0.25) is 0 Å². The molecule has 0 bridgehead atoms. The summed E-state index contributed by atoms with van der Waals surface area (Å²) in [4.78, 5) is 11.4. The molecule has 0 fully saturated rings. The van der Waals surface area contributed by atoms with Gasteiger partial charge in [0.2, 0.25) is 0 Å². The average Bonchev–Trinajstić information content (AvgIpc) is 2.27. The van der Waals surface area contributed by atoms with Crippen molar-refractivity contribution in [1.82, 2.24) is 5.32 Å². The molecule has 4 heteroatoms. The summed E-state index contributed by atoms with van der Waals surface area (Å²) >= 11 is 0. The van der Waals surface area contributed by atoms with Crippen molar-refractivity contribution < 1.29 is 9.90 Å². The van der Waals surface area contributed by atoms with Crippen LogP contribution >= 0.6 is 0 Å². The zero-order chi connectivity index (χ0) is 13.9. The summed E-state index contributed by atoms with van der Waals surface area (Å²) in [5.74, 6) is -0.834. The first kappa shape index (κ1) is 14.9. The van der Waals surface area contributed by atoms with E-state index < -0.39 is 14.0 Å². The van der Waals surface area contributed by atoms with Gasteiger partial charge in [-0.2, -0.15) is 0 Å². The van der Waals surface area contributed by atoms with Crippen molar-refractivity contribution in [3.05, 3.63) is 34.9 Å². The lowest BCUT2D eigenvalue weighted by atomic mass is 9.99. The summed E-state index contributed by atoms with van der Waals surface area (Å²) in [6.45, 7) is 8.84. The molecule has 0 spiro atoms. The van der Waals surface area contributed by atoms with Gasteiger partial charge < -0.3 is 10.4 Å². The molecule has 0 saturated heterocycles. The van der Waals surface area contributed by atoms with Crippen LogP contribution in [0.1, 0.15) is 34.1 Å². The third-order valence-corrected chi connectivity index (χ3v) is 5.56. The SMILES string of the molecule is CCc1cccc(C(=O)O)c1C(NC)[Si](C)(C)C. The van der Waals surface area contributed by atoms with Crippen molar-refractivity contribution in [2.75, 3.05) is 7.05 Å². The second kappa shape index (κ2) is 5.67. The molecule has 0 aromatic heterocycles. The van der Waals surface area contributed by atoms with Crippen molar-refractivity contribution >= 4 is 14.0 Å². The Bertz CT molecular complexity index is 438. The number of carbonyl (C=O) groups is 1. The van der Waals surface area contributed by atoms with E-state index >= 15 is 0 Å². The smallest absolute Gasteiger partial charge is 0.336 e. The fourth-order valence-corrected chi connectivity index (χ4v) is 4.53. The first-order chi connectivity index (χ1) is 8.32. The highest BCUT2D eigenvalue weighted by Gasteiger charge is 2.31. The number of hydrogen-bond donors (Lipinski definition) is 2. The zero-order valence-corrected chi connectivity index (χ0v) is 12.9. The van der Waals surface area contributed by atoms with Gasteiger partial charge in [0.15, 0.2) is 0 Å². The minimum Gasteiger partial charge on any atom is -0.478 e. The number of aryl methyl sites for hydroxylation is 1. The van der Waals surface area contributed by atoms with Crippen molar-refractivity contribution in [3.63, 3.8) is 0 Å². The summed E-state index contributed by atoms with van der Waals surface area (Å²) < 4.78 is 0. The highest BCUT2D eigenvalue weighted by molar-refractivity contribution is 6.77. The third kappa shape index (κ3) is 3.00. The standard InChI is InChI=1S/C14H23NO2Si/c1-6-10-8-7-9-11(14(16)17)12(10)13(15-2)18(3,4)5/h7-9,13,15H,6H2,1-5H3,(H,16,17). The van der Waals surface area contributed by atoms with Gasteiger partial charge in [-0.05, 0) is 30.7 Å². The summed E-state index contributed by atoms with van der Waals surface area (Å²) in [6.07, 6.45) is 0.860. The number of benzene rings is 1. The molecule has 0 aliphatic carbocycles. The fourth-order valence-electron chi connectivity index (χ4n) is 2.46. The molecule has 0 aliphatic rings. The Hall–Kier alpha value is -1.13. The van der Waals surface area contributed by atoms with Gasteiger partial charge in [0.25, 0.3) is 0 Å². The molecular formula is C14H23NO2Si.